The van der Waals surface area contributed by atoms with E-state index in [1.165, 1.54) is 75.2 Å². The number of para-hydroxylation sites is 3. The van der Waals surface area contributed by atoms with Crippen molar-refractivity contribution < 1.29 is 0 Å². The zero-order valence-corrected chi connectivity index (χ0v) is 21.8. The van der Waals surface area contributed by atoms with Crippen molar-refractivity contribution in [3.05, 3.63) is 133 Å². The van der Waals surface area contributed by atoms with Gasteiger partial charge in [0.2, 0.25) is 0 Å². The molecule has 0 aliphatic heterocycles. The van der Waals surface area contributed by atoms with Crippen LogP contribution in [0.25, 0.3) is 75.2 Å². The number of benzene rings is 6. The van der Waals surface area contributed by atoms with Crippen LogP contribution in [-0.4, -0.2) is 9.13 Å². The topological polar surface area (TPSA) is 9.86 Å². The second-order valence-corrected chi connectivity index (χ2v) is 11.3. The average molecular weight is 515 g/mol. The fourth-order valence-electron chi connectivity index (χ4n) is 6.38. The third-order valence-electron chi connectivity index (χ3n) is 8.09. The lowest BCUT2D eigenvalue weighted by molar-refractivity contribution is 1.19. The molecule has 182 valence electrons. The first-order valence-electron chi connectivity index (χ1n) is 13.3. The van der Waals surface area contributed by atoms with E-state index in [-0.39, 0.29) is 0 Å². The van der Waals surface area contributed by atoms with Gasteiger partial charge in [-0.3, -0.25) is 0 Å². The smallest absolute Gasteiger partial charge is 0.109 e. The largest absolute Gasteiger partial charge is 0.309 e. The van der Waals surface area contributed by atoms with Gasteiger partial charge in [-0.05, 0) is 59.3 Å². The molecule has 0 atom stereocenters. The Labute approximate surface area is 228 Å². The van der Waals surface area contributed by atoms with Crippen molar-refractivity contribution in [1.82, 2.24) is 9.13 Å². The number of fused-ring (bicyclic) bond motifs is 9. The van der Waals surface area contributed by atoms with E-state index >= 15 is 0 Å². The Morgan fingerprint density at radius 1 is 0.410 bits per heavy atom. The van der Waals surface area contributed by atoms with Gasteiger partial charge in [0, 0.05) is 43.0 Å². The van der Waals surface area contributed by atoms with Crippen molar-refractivity contribution >= 4 is 75.1 Å². The van der Waals surface area contributed by atoms with Crippen LogP contribution in [0, 0.1) is 0 Å². The summed E-state index contributed by atoms with van der Waals surface area (Å²) in [5, 5.41) is 9.08. The van der Waals surface area contributed by atoms with Gasteiger partial charge in [-0.2, -0.15) is 0 Å². The van der Waals surface area contributed by atoms with Crippen molar-refractivity contribution in [2.75, 3.05) is 0 Å². The van der Waals surface area contributed by atoms with E-state index in [1.54, 1.807) is 0 Å². The summed E-state index contributed by atoms with van der Waals surface area (Å²) in [6.07, 6.45) is 0. The Hall–Kier alpha value is -4.86. The molecule has 3 heteroatoms. The van der Waals surface area contributed by atoms with Crippen LogP contribution >= 0.6 is 11.3 Å². The summed E-state index contributed by atoms with van der Waals surface area (Å²) < 4.78 is 6.17. The first-order valence-corrected chi connectivity index (χ1v) is 14.1. The SMILES string of the molecule is c1ccc(-n2c3ccccc3c3c4cc5c6ccccc6n(-c6ccc7ccccc7c6)c5cc4sc32)cc1. The number of rotatable bonds is 2. The minimum absolute atomic E-state index is 1.19. The monoisotopic (exact) mass is 514 g/mol. The molecule has 0 saturated heterocycles. The van der Waals surface area contributed by atoms with Gasteiger partial charge >= 0.3 is 0 Å². The number of hydrogen-bond acceptors (Lipinski definition) is 1. The van der Waals surface area contributed by atoms with Crippen molar-refractivity contribution in [2.45, 2.75) is 0 Å². The van der Waals surface area contributed by atoms with Gasteiger partial charge in [0.05, 0.1) is 16.6 Å². The van der Waals surface area contributed by atoms with E-state index in [0.717, 1.165) is 0 Å². The highest BCUT2D eigenvalue weighted by Crippen LogP contribution is 2.45. The number of hydrogen-bond donors (Lipinski definition) is 0. The standard InChI is InChI=1S/C36H22N2S/c1-2-12-25(13-3-1)38-32-17-9-7-15-28(32)35-30-21-29-27-14-6-8-16-31(27)37(33(29)22-34(30)39-36(35)38)26-19-18-23-10-4-5-11-24(23)20-26/h1-22H. The maximum atomic E-state index is 2.44. The highest BCUT2D eigenvalue weighted by molar-refractivity contribution is 7.25. The zero-order chi connectivity index (χ0) is 25.5. The molecule has 0 aliphatic rings. The third-order valence-corrected chi connectivity index (χ3v) is 9.22. The number of thiophene rings is 1. The van der Waals surface area contributed by atoms with E-state index in [1.807, 2.05) is 11.3 Å². The second kappa shape index (κ2) is 7.83. The molecule has 9 rings (SSSR count). The van der Waals surface area contributed by atoms with Crippen LogP contribution in [0.4, 0.5) is 0 Å². The Morgan fingerprint density at radius 2 is 1.10 bits per heavy atom. The summed E-state index contributed by atoms with van der Waals surface area (Å²) in [4.78, 5) is 1.30. The highest BCUT2D eigenvalue weighted by atomic mass is 32.1. The summed E-state index contributed by atoms with van der Waals surface area (Å²) in [6.45, 7) is 0. The predicted octanol–water partition coefficient (Wildman–Crippen LogP) is 10.2. The summed E-state index contributed by atoms with van der Waals surface area (Å²) in [7, 11) is 0. The van der Waals surface area contributed by atoms with E-state index in [0.29, 0.717) is 0 Å². The van der Waals surface area contributed by atoms with Crippen molar-refractivity contribution in [1.29, 1.82) is 0 Å². The molecule has 3 heterocycles. The zero-order valence-electron chi connectivity index (χ0n) is 21.0. The predicted molar refractivity (Wildman–Crippen MR) is 168 cm³/mol. The van der Waals surface area contributed by atoms with Crippen molar-refractivity contribution in [3.8, 4) is 11.4 Å². The van der Waals surface area contributed by atoms with Crippen molar-refractivity contribution in [3.63, 3.8) is 0 Å². The van der Waals surface area contributed by atoms with Crippen LogP contribution in [0.1, 0.15) is 0 Å². The average Bonchev–Trinajstić information content (AvgIpc) is 3.62. The second-order valence-electron chi connectivity index (χ2n) is 10.2. The normalized spacial score (nSPS) is 12.1. The number of nitrogens with zero attached hydrogens (tertiary/aromatic N) is 2. The van der Waals surface area contributed by atoms with Crippen LogP contribution in [0.15, 0.2) is 133 Å². The van der Waals surface area contributed by atoms with Gasteiger partial charge in [-0.15, -0.1) is 11.3 Å². The molecule has 0 aliphatic carbocycles. The quantitative estimate of drug-likeness (QED) is 0.217. The molecular weight excluding hydrogens is 492 g/mol. The van der Waals surface area contributed by atoms with Crippen LogP contribution in [-0.2, 0) is 0 Å². The molecule has 39 heavy (non-hydrogen) atoms. The Bertz CT molecular complexity index is 2390. The minimum Gasteiger partial charge on any atom is -0.309 e. The molecule has 3 aromatic heterocycles. The van der Waals surface area contributed by atoms with Gasteiger partial charge < -0.3 is 9.13 Å². The summed E-state index contributed by atoms with van der Waals surface area (Å²) in [5.41, 5.74) is 6.14. The van der Waals surface area contributed by atoms with Crippen molar-refractivity contribution in [2.24, 2.45) is 0 Å². The molecule has 2 nitrogen and oxygen atoms in total. The van der Waals surface area contributed by atoms with Gasteiger partial charge in [0.15, 0.2) is 0 Å². The molecule has 0 spiro atoms. The summed E-state index contributed by atoms with van der Waals surface area (Å²) in [6, 6.07) is 48.6. The fourth-order valence-corrected chi connectivity index (χ4v) is 7.65. The van der Waals surface area contributed by atoms with E-state index in [2.05, 4.69) is 143 Å². The minimum atomic E-state index is 1.19. The van der Waals surface area contributed by atoms with Crippen LogP contribution in [0.5, 0.6) is 0 Å². The summed E-state index contributed by atoms with van der Waals surface area (Å²) >= 11 is 1.89. The Kier molecular flexibility index (Phi) is 4.24. The van der Waals surface area contributed by atoms with Gasteiger partial charge in [-0.25, -0.2) is 0 Å². The van der Waals surface area contributed by atoms with Gasteiger partial charge in [0.25, 0.3) is 0 Å². The Balaban J connectivity index is 1.42. The van der Waals surface area contributed by atoms with E-state index < -0.39 is 0 Å². The maximum Gasteiger partial charge on any atom is 0.109 e. The van der Waals surface area contributed by atoms with Gasteiger partial charge in [-0.1, -0.05) is 84.9 Å². The molecule has 0 amide bonds. The molecule has 0 bridgehead atoms. The molecule has 0 N–H and O–H groups in total. The highest BCUT2D eigenvalue weighted by Gasteiger charge is 2.20. The molecule has 0 unspecified atom stereocenters. The molecular formula is C36H22N2S. The van der Waals surface area contributed by atoms with Gasteiger partial charge in [0.1, 0.15) is 4.83 Å². The molecule has 9 aromatic rings. The maximum absolute atomic E-state index is 2.44. The Morgan fingerprint density at radius 3 is 1.95 bits per heavy atom. The first kappa shape index (κ1) is 21.1. The first-order chi connectivity index (χ1) is 19.3. The van der Waals surface area contributed by atoms with Crippen LogP contribution in [0.3, 0.4) is 0 Å². The lowest BCUT2D eigenvalue weighted by atomic mass is 10.1. The fraction of sp³-hybridized carbons (Fsp3) is 0. The lowest BCUT2D eigenvalue weighted by Crippen LogP contribution is -1.93. The summed E-state index contributed by atoms with van der Waals surface area (Å²) in [5.74, 6) is 0. The molecule has 0 radical (unpaired) electrons. The molecule has 0 saturated carbocycles. The van der Waals surface area contributed by atoms with E-state index in [4.69, 9.17) is 0 Å². The van der Waals surface area contributed by atoms with Crippen LogP contribution in [0.2, 0.25) is 0 Å². The van der Waals surface area contributed by atoms with Crippen LogP contribution < -0.4 is 0 Å². The molecule has 0 fully saturated rings. The molecule has 6 aromatic carbocycles. The number of aromatic nitrogens is 2. The third kappa shape index (κ3) is 2.91. The lowest BCUT2D eigenvalue weighted by Gasteiger charge is -2.09. The van der Waals surface area contributed by atoms with E-state index in [9.17, 15) is 0 Å².